The number of aromatic nitrogens is 2. The first kappa shape index (κ1) is 18.1. The van der Waals surface area contributed by atoms with Crippen molar-refractivity contribution in [3.8, 4) is 0 Å². The fourth-order valence-corrected chi connectivity index (χ4v) is 3.75. The van der Waals surface area contributed by atoms with Gasteiger partial charge < -0.3 is 20.5 Å². The van der Waals surface area contributed by atoms with E-state index in [9.17, 15) is 9.90 Å². The van der Waals surface area contributed by atoms with Gasteiger partial charge in [-0.2, -0.15) is 0 Å². The minimum absolute atomic E-state index is 0.109. The van der Waals surface area contributed by atoms with Crippen LogP contribution in [0.15, 0.2) is 24.4 Å². The Balaban J connectivity index is 1.43. The fraction of sp³-hybridized carbons (Fsp3) is 0.550. The quantitative estimate of drug-likeness (QED) is 0.747. The molecule has 1 atom stereocenters. The van der Waals surface area contributed by atoms with E-state index < -0.39 is 0 Å². The Kier molecular flexibility index (Phi) is 5.50. The standard InChI is InChI=1S/C20H26N4O3/c25-16-7-5-15(6-8-16)23-20-22-11-14-4-3-13(10-18(14)24-20)19(26)21-12-17-2-1-9-27-17/h3-4,10-11,15-17,25H,1-2,5-9,12H2,(H,21,26)(H,22,23,24)/t15-,16-,17?. The summed E-state index contributed by atoms with van der Waals surface area (Å²) in [5, 5.41) is 16.8. The van der Waals surface area contributed by atoms with Crippen molar-refractivity contribution in [1.82, 2.24) is 15.3 Å². The zero-order valence-corrected chi connectivity index (χ0v) is 15.4. The number of carbonyl (C=O) groups excluding carboxylic acids is 1. The van der Waals surface area contributed by atoms with Crippen LogP contribution in [0.2, 0.25) is 0 Å². The lowest BCUT2D eigenvalue weighted by Gasteiger charge is -2.26. The molecule has 1 unspecified atom stereocenters. The van der Waals surface area contributed by atoms with Gasteiger partial charge in [-0.15, -0.1) is 0 Å². The average Bonchev–Trinajstić information content (AvgIpc) is 3.21. The molecule has 4 rings (SSSR count). The van der Waals surface area contributed by atoms with Gasteiger partial charge in [-0.05, 0) is 50.7 Å². The van der Waals surface area contributed by atoms with E-state index in [1.165, 1.54) is 0 Å². The highest BCUT2D eigenvalue weighted by atomic mass is 16.5. The first-order valence-corrected chi connectivity index (χ1v) is 9.78. The highest BCUT2D eigenvalue weighted by molar-refractivity contribution is 5.97. The van der Waals surface area contributed by atoms with E-state index in [1.54, 1.807) is 18.3 Å². The van der Waals surface area contributed by atoms with E-state index in [0.717, 1.165) is 56.0 Å². The van der Waals surface area contributed by atoms with Crippen LogP contribution in [0.5, 0.6) is 0 Å². The monoisotopic (exact) mass is 370 g/mol. The Hall–Kier alpha value is -2.25. The number of fused-ring (bicyclic) bond motifs is 1. The summed E-state index contributed by atoms with van der Waals surface area (Å²) in [5.74, 6) is 0.461. The smallest absolute Gasteiger partial charge is 0.251 e. The van der Waals surface area contributed by atoms with Crippen molar-refractivity contribution in [3.63, 3.8) is 0 Å². The summed E-state index contributed by atoms with van der Waals surface area (Å²) >= 11 is 0. The second-order valence-corrected chi connectivity index (χ2v) is 7.46. The summed E-state index contributed by atoms with van der Waals surface area (Å²) in [6.45, 7) is 1.32. The Morgan fingerprint density at radius 2 is 2.07 bits per heavy atom. The van der Waals surface area contributed by atoms with E-state index in [1.807, 2.05) is 6.07 Å². The number of ether oxygens (including phenoxy) is 1. The van der Waals surface area contributed by atoms with Gasteiger partial charge in [-0.3, -0.25) is 4.79 Å². The molecule has 3 N–H and O–H groups in total. The molecule has 0 radical (unpaired) electrons. The Morgan fingerprint density at radius 3 is 2.85 bits per heavy atom. The molecule has 0 spiro atoms. The maximum atomic E-state index is 12.4. The molecular formula is C20H26N4O3. The van der Waals surface area contributed by atoms with Crippen LogP contribution in [0.1, 0.15) is 48.9 Å². The van der Waals surface area contributed by atoms with Crippen LogP contribution in [0, 0.1) is 0 Å². The van der Waals surface area contributed by atoms with Gasteiger partial charge in [-0.25, -0.2) is 9.97 Å². The van der Waals surface area contributed by atoms with E-state index in [0.29, 0.717) is 18.1 Å². The Morgan fingerprint density at radius 1 is 1.22 bits per heavy atom. The second-order valence-electron chi connectivity index (χ2n) is 7.46. The van der Waals surface area contributed by atoms with Crippen molar-refractivity contribution in [2.45, 2.75) is 56.8 Å². The maximum absolute atomic E-state index is 12.4. The van der Waals surface area contributed by atoms with Crippen molar-refractivity contribution in [1.29, 1.82) is 0 Å². The molecule has 1 saturated carbocycles. The van der Waals surface area contributed by atoms with Crippen molar-refractivity contribution < 1.29 is 14.6 Å². The van der Waals surface area contributed by atoms with Crippen LogP contribution < -0.4 is 10.6 Å². The van der Waals surface area contributed by atoms with E-state index in [-0.39, 0.29) is 24.2 Å². The number of benzene rings is 1. The molecular weight excluding hydrogens is 344 g/mol. The number of nitrogens with zero attached hydrogens (tertiary/aromatic N) is 2. The molecule has 2 heterocycles. The fourth-order valence-electron chi connectivity index (χ4n) is 3.75. The lowest BCUT2D eigenvalue weighted by molar-refractivity contribution is 0.0858. The molecule has 2 aliphatic rings. The van der Waals surface area contributed by atoms with Crippen LogP contribution in [0.3, 0.4) is 0 Å². The molecule has 7 nitrogen and oxygen atoms in total. The molecule has 2 fully saturated rings. The van der Waals surface area contributed by atoms with Crippen molar-refractivity contribution in [2.75, 3.05) is 18.5 Å². The third-order valence-corrected chi connectivity index (χ3v) is 5.39. The van der Waals surface area contributed by atoms with E-state index >= 15 is 0 Å². The zero-order valence-electron chi connectivity index (χ0n) is 15.4. The van der Waals surface area contributed by atoms with Gasteiger partial charge in [-0.1, -0.05) is 6.07 Å². The maximum Gasteiger partial charge on any atom is 0.251 e. The lowest BCUT2D eigenvalue weighted by atomic mass is 9.93. The Labute approximate surface area is 158 Å². The molecule has 1 aliphatic carbocycles. The highest BCUT2D eigenvalue weighted by Crippen LogP contribution is 2.22. The predicted octanol–water partition coefficient (Wildman–Crippen LogP) is 2.25. The molecule has 2 aromatic rings. The number of carbonyl (C=O) groups is 1. The molecule has 1 saturated heterocycles. The van der Waals surface area contributed by atoms with E-state index in [4.69, 9.17) is 4.74 Å². The van der Waals surface area contributed by atoms with Gasteiger partial charge in [0.15, 0.2) is 0 Å². The summed E-state index contributed by atoms with van der Waals surface area (Å²) in [6, 6.07) is 5.75. The number of nitrogens with one attached hydrogen (secondary N) is 2. The number of hydrogen-bond donors (Lipinski definition) is 3. The van der Waals surface area contributed by atoms with E-state index in [2.05, 4.69) is 20.6 Å². The van der Waals surface area contributed by atoms with Crippen LogP contribution >= 0.6 is 0 Å². The van der Waals surface area contributed by atoms with Crippen LogP contribution in [-0.4, -0.2) is 52.4 Å². The third-order valence-electron chi connectivity index (χ3n) is 5.39. The van der Waals surface area contributed by atoms with Crippen LogP contribution in [-0.2, 0) is 4.74 Å². The van der Waals surface area contributed by atoms with Crippen molar-refractivity contribution in [2.24, 2.45) is 0 Å². The largest absolute Gasteiger partial charge is 0.393 e. The van der Waals surface area contributed by atoms with Gasteiger partial charge in [0, 0.05) is 36.3 Å². The van der Waals surface area contributed by atoms with Crippen LogP contribution in [0.25, 0.3) is 10.9 Å². The van der Waals surface area contributed by atoms with Gasteiger partial charge in [0.2, 0.25) is 5.95 Å². The number of aliphatic hydroxyl groups excluding tert-OH is 1. The molecule has 7 heteroatoms. The normalized spacial score (nSPS) is 25.4. The summed E-state index contributed by atoms with van der Waals surface area (Å²) in [5.41, 5.74) is 1.33. The first-order valence-electron chi connectivity index (χ1n) is 9.78. The summed E-state index contributed by atoms with van der Waals surface area (Å²) in [6.07, 6.45) is 7.21. The highest BCUT2D eigenvalue weighted by Gasteiger charge is 2.20. The van der Waals surface area contributed by atoms with Crippen molar-refractivity contribution in [3.05, 3.63) is 30.0 Å². The third kappa shape index (κ3) is 4.54. The summed E-state index contributed by atoms with van der Waals surface area (Å²) in [7, 11) is 0. The molecule has 0 bridgehead atoms. The van der Waals surface area contributed by atoms with Crippen molar-refractivity contribution >= 4 is 22.8 Å². The first-order chi connectivity index (χ1) is 13.2. The molecule has 144 valence electrons. The van der Waals surface area contributed by atoms with Crippen LogP contribution in [0.4, 0.5) is 5.95 Å². The molecule has 1 aromatic carbocycles. The predicted molar refractivity (Wildman–Crippen MR) is 103 cm³/mol. The van der Waals surface area contributed by atoms with Gasteiger partial charge in [0.05, 0.1) is 17.7 Å². The zero-order chi connectivity index (χ0) is 18.6. The minimum Gasteiger partial charge on any atom is -0.393 e. The summed E-state index contributed by atoms with van der Waals surface area (Å²) < 4.78 is 5.54. The summed E-state index contributed by atoms with van der Waals surface area (Å²) in [4.78, 5) is 21.4. The second kappa shape index (κ2) is 8.19. The number of hydrogen-bond acceptors (Lipinski definition) is 6. The molecule has 1 aromatic heterocycles. The Bertz CT molecular complexity index is 799. The SMILES string of the molecule is O=C(NCC1CCCO1)c1ccc2cnc(N[C@H]3CC[C@H](O)CC3)nc2c1. The van der Waals surface area contributed by atoms with Gasteiger partial charge in [0.25, 0.3) is 5.91 Å². The topological polar surface area (TPSA) is 96.4 Å². The number of aliphatic hydroxyl groups is 1. The number of anilines is 1. The minimum atomic E-state index is -0.184. The van der Waals surface area contributed by atoms with Gasteiger partial charge >= 0.3 is 0 Å². The molecule has 1 aliphatic heterocycles. The average molecular weight is 370 g/mol. The lowest BCUT2D eigenvalue weighted by Crippen LogP contribution is -2.31. The number of amides is 1. The molecule has 1 amide bonds. The molecule has 27 heavy (non-hydrogen) atoms. The van der Waals surface area contributed by atoms with Gasteiger partial charge in [0.1, 0.15) is 0 Å². The number of rotatable bonds is 5.